The predicted molar refractivity (Wildman–Crippen MR) is 154 cm³/mol. The first-order chi connectivity index (χ1) is 21.2. The quantitative estimate of drug-likeness (QED) is 0.445. The Labute approximate surface area is 255 Å². The summed E-state index contributed by atoms with van der Waals surface area (Å²) in [6.07, 6.45) is 8.48. The number of carboxylic acid groups (broad SMARTS) is 1. The summed E-state index contributed by atoms with van der Waals surface area (Å²) in [4.78, 5) is 68.8. The molecule has 3 aliphatic heterocycles. The summed E-state index contributed by atoms with van der Waals surface area (Å²) in [6, 6.07) is 2.72. The Morgan fingerprint density at radius 1 is 1.07 bits per heavy atom. The van der Waals surface area contributed by atoms with Crippen molar-refractivity contribution in [2.45, 2.75) is 101 Å². The van der Waals surface area contributed by atoms with Crippen molar-refractivity contribution in [1.29, 1.82) is 0 Å². The van der Waals surface area contributed by atoms with E-state index in [4.69, 9.17) is 4.74 Å². The minimum atomic E-state index is -1.46. The van der Waals surface area contributed by atoms with Crippen molar-refractivity contribution in [3.05, 3.63) is 47.3 Å². The average Bonchev–Trinajstić information content (AvgIpc) is 3.27. The normalized spacial score (nSPS) is 31.3. The smallest absolute Gasteiger partial charge is 0.410 e. The summed E-state index contributed by atoms with van der Waals surface area (Å²) < 4.78 is 20.0. The molecule has 44 heavy (non-hydrogen) atoms. The Bertz CT molecular complexity index is 1380. The SMILES string of the molecule is O=C(N[C@H]1CCCCC/C=C\[C@H]2C[C@@]2(C(=O)O)NC(=O)[C@@H]2C[C@@H](OC(=O)N3Cc4cccc(F)c4C3)CN2C1=O)C1CCC1. The van der Waals surface area contributed by atoms with E-state index < -0.39 is 53.4 Å². The number of nitrogens with zero attached hydrogens (tertiary/aromatic N) is 2. The first kappa shape index (κ1) is 30.1. The van der Waals surface area contributed by atoms with Gasteiger partial charge in [0, 0.05) is 30.4 Å². The van der Waals surface area contributed by atoms with Crippen LogP contribution in [-0.4, -0.2) is 75.0 Å². The molecule has 11 nitrogen and oxygen atoms in total. The highest BCUT2D eigenvalue weighted by molar-refractivity contribution is 5.96. The van der Waals surface area contributed by atoms with Crippen LogP contribution in [-0.2, 0) is 37.0 Å². The molecule has 0 bridgehead atoms. The number of fused-ring (bicyclic) bond motifs is 3. The number of amides is 4. The minimum absolute atomic E-state index is 0.0298. The molecule has 236 valence electrons. The molecule has 2 aliphatic carbocycles. The topological polar surface area (TPSA) is 145 Å². The van der Waals surface area contributed by atoms with Crippen LogP contribution in [0.2, 0.25) is 0 Å². The largest absolute Gasteiger partial charge is 0.479 e. The van der Waals surface area contributed by atoms with Gasteiger partial charge in [-0.05, 0) is 50.2 Å². The Hall–Kier alpha value is -3.96. The van der Waals surface area contributed by atoms with Crippen LogP contribution >= 0.6 is 0 Å². The van der Waals surface area contributed by atoms with Gasteiger partial charge in [-0.3, -0.25) is 19.3 Å². The highest BCUT2D eigenvalue weighted by atomic mass is 19.1. The molecule has 1 saturated heterocycles. The van der Waals surface area contributed by atoms with Crippen LogP contribution in [0.15, 0.2) is 30.4 Å². The van der Waals surface area contributed by atoms with Crippen molar-refractivity contribution in [1.82, 2.24) is 20.4 Å². The Morgan fingerprint density at radius 2 is 1.89 bits per heavy atom. The summed E-state index contributed by atoms with van der Waals surface area (Å²) in [5.74, 6) is -3.29. The number of carboxylic acids is 1. The first-order valence-corrected chi connectivity index (χ1v) is 15.7. The lowest BCUT2D eigenvalue weighted by Gasteiger charge is -2.31. The third kappa shape index (κ3) is 5.90. The number of hydrogen-bond donors (Lipinski definition) is 3. The maximum absolute atomic E-state index is 14.3. The lowest BCUT2D eigenvalue weighted by Crippen LogP contribution is -2.57. The Morgan fingerprint density at radius 3 is 2.61 bits per heavy atom. The van der Waals surface area contributed by atoms with E-state index in [1.165, 1.54) is 15.9 Å². The van der Waals surface area contributed by atoms with Crippen molar-refractivity contribution in [3.8, 4) is 0 Å². The van der Waals surface area contributed by atoms with Gasteiger partial charge in [-0.15, -0.1) is 0 Å². The van der Waals surface area contributed by atoms with E-state index in [-0.39, 0.29) is 50.2 Å². The highest BCUT2D eigenvalue weighted by Gasteiger charge is 2.61. The van der Waals surface area contributed by atoms with Crippen molar-refractivity contribution in [2.24, 2.45) is 11.8 Å². The van der Waals surface area contributed by atoms with Gasteiger partial charge in [0.15, 0.2) is 0 Å². The summed E-state index contributed by atoms with van der Waals surface area (Å²) in [7, 11) is 0. The molecule has 2 saturated carbocycles. The number of halogens is 1. The lowest BCUT2D eigenvalue weighted by molar-refractivity contribution is -0.146. The van der Waals surface area contributed by atoms with Gasteiger partial charge in [-0.25, -0.2) is 14.0 Å². The fraction of sp³-hybridized carbons (Fsp3) is 0.594. The fourth-order valence-electron chi connectivity index (χ4n) is 6.83. The van der Waals surface area contributed by atoms with Crippen LogP contribution < -0.4 is 10.6 Å². The van der Waals surface area contributed by atoms with Gasteiger partial charge in [-0.1, -0.05) is 43.5 Å². The van der Waals surface area contributed by atoms with Gasteiger partial charge in [0.1, 0.15) is 29.5 Å². The van der Waals surface area contributed by atoms with Crippen LogP contribution in [0.25, 0.3) is 0 Å². The zero-order chi connectivity index (χ0) is 31.0. The molecule has 0 unspecified atom stereocenters. The van der Waals surface area contributed by atoms with Crippen molar-refractivity contribution in [3.63, 3.8) is 0 Å². The maximum Gasteiger partial charge on any atom is 0.410 e. The maximum atomic E-state index is 14.3. The number of carbonyl (C=O) groups excluding carboxylic acids is 4. The van der Waals surface area contributed by atoms with E-state index in [0.717, 1.165) is 38.5 Å². The minimum Gasteiger partial charge on any atom is -0.479 e. The molecule has 0 radical (unpaired) electrons. The molecule has 5 aliphatic rings. The van der Waals surface area contributed by atoms with Crippen LogP contribution in [0.5, 0.6) is 0 Å². The molecule has 3 heterocycles. The number of allylic oxidation sites excluding steroid dienone is 1. The summed E-state index contributed by atoms with van der Waals surface area (Å²) in [5.41, 5.74) is -0.344. The van der Waals surface area contributed by atoms with Gasteiger partial charge in [0.05, 0.1) is 13.1 Å². The summed E-state index contributed by atoms with van der Waals surface area (Å²) >= 11 is 0. The number of aliphatic carboxylic acids is 1. The van der Waals surface area contributed by atoms with Gasteiger partial charge < -0.3 is 25.4 Å². The monoisotopic (exact) mass is 610 g/mol. The molecule has 12 heteroatoms. The van der Waals surface area contributed by atoms with E-state index in [9.17, 15) is 33.5 Å². The second kappa shape index (κ2) is 12.2. The van der Waals surface area contributed by atoms with E-state index in [1.807, 2.05) is 12.2 Å². The standard InChI is InChI=1S/C32H39FN4O7/c33-24-12-7-10-20-16-36(18-23(20)24)31(43)44-22-14-26-28(39)35-32(30(41)42)15-21(32)11-4-2-1-3-5-13-25(29(40)37(26)17-22)34-27(38)19-8-6-9-19/h4,7,10-12,19,21-22,25-26H,1-3,5-6,8-9,13-18H2,(H,34,38)(H,35,39)(H,41,42)/b11-4-/t21-,22+,25-,26-,32+/m0/s1. The molecule has 1 aromatic rings. The van der Waals surface area contributed by atoms with Gasteiger partial charge in [-0.2, -0.15) is 0 Å². The zero-order valence-corrected chi connectivity index (χ0v) is 24.6. The molecule has 0 spiro atoms. The van der Waals surface area contributed by atoms with Crippen molar-refractivity contribution >= 4 is 29.8 Å². The molecule has 4 amide bonds. The molecular weight excluding hydrogens is 571 g/mol. The molecule has 3 fully saturated rings. The lowest BCUT2D eigenvalue weighted by atomic mass is 9.84. The number of nitrogens with one attached hydrogen (secondary N) is 2. The van der Waals surface area contributed by atoms with E-state index >= 15 is 0 Å². The number of carbonyl (C=O) groups is 5. The third-order valence-electron chi connectivity index (χ3n) is 9.87. The second-order valence-corrected chi connectivity index (χ2v) is 12.8. The van der Waals surface area contributed by atoms with Crippen LogP contribution in [0.3, 0.4) is 0 Å². The van der Waals surface area contributed by atoms with E-state index in [1.54, 1.807) is 12.1 Å². The zero-order valence-electron chi connectivity index (χ0n) is 24.6. The van der Waals surface area contributed by atoms with E-state index in [2.05, 4.69) is 10.6 Å². The first-order valence-electron chi connectivity index (χ1n) is 15.7. The summed E-state index contributed by atoms with van der Waals surface area (Å²) in [5, 5.41) is 15.7. The van der Waals surface area contributed by atoms with Crippen LogP contribution in [0.1, 0.15) is 75.3 Å². The Balaban J connectivity index is 1.22. The number of ether oxygens (including phenoxy) is 1. The molecular formula is C32H39FN4O7. The summed E-state index contributed by atoms with van der Waals surface area (Å²) in [6.45, 7) is 0.138. The molecule has 6 rings (SSSR count). The molecule has 3 N–H and O–H groups in total. The molecule has 1 aromatic carbocycles. The van der Waals surface area contributed by atoms with Crippen molar-refractivity contribution in [2.75, 3.05) is 6.54 Å². The van der Waals surface area contributed by atoms with Gasteiger partial charge in [0.2, 0.25) is 17.7 Å². The van der Waals surface area contributed by atoms with Crippen LogP contribution in [0.4, 0.5) is 9.18 Å². The fourth-order valence-corrected chi connectivity index (χ4v) is 6.83. The predicted octanol–water partition coefficient (Wildman–Crippen LogP) is 3.01. The number of benzene rings is 1. The average molecular weight is 611 g/mol. The van der Waals surface area contributed by atoms with E-state index in [0.29, 0.717) is 24.0 Å². The van der Waals surface area contributed by atoms with Crippen LogP contribution in [0, 0.1) is 17.7 Å². The number of hydrogen-bond acceptors (Lipinski definition) is 6. The van der Waals surface area contributed by atoms with Gasteiger partial charge in [0.25, 0.3) is 0 Å². The highest BCUT2D eigenvalue weighted by Crippen LogP contribution is 2.45. The second-order valence-electron chi connectivity index (χ2n) is 12.8. The van der Waals surface area contributed by atoms with Gasteiger partial charge >= 0.3 is 12.1 Å². The Kier molecular flexibility index (Phi) is 8.34. The third-order valence-corrected chi connectivity index (χ3v) is 9.87. The van der Waals surface area contributed by atoms with Crippen molar-refractivity contribution < 1.29 is 38.2 Å². The molecule has 0 aromatic heterocycles. The molecule has 5 atom stereocenters. The number of rotatable bonds is 4.